The van der Waals surface area contributed by atoms with E-state index < -0.39 is 44.8 Å². The minimum Gasteiger partial charge on any atom is -0.497 e. The number of hydrogen-bond acceptors (Lipinski definition) is 9. The van der Waals surface area contributed by atoms with E-state index in [2.05, 4.69) is 10.0 Å². The highest BCUT2D eigenvalue weighted by Crippen LogP contribution is 2.46. The van der Waals surface area contributed by atoms with Crippen molar-refractivity contribution in [1.82, 2.24) is 29.5 Å². The number of benzene rings is 2. The van der Waals surface area contributed by atoms with Gasteiger partial charge in [-0.15, -0.1) is 0 Å². The summed E-state index contributed by atoms with van der Waals surface area (Å²) in [5, 5.41) is 7.96. The molecule has 2 aromatic heterocycles. The molecule has 2 aliphatic carbocycles. The number of allylic oxidation sites excluding steroid dienone is 1. The first-order chi connectivity index (χ1) is 25.1. The average Bonchev–Trinajstić information content (AvgIpc) is 4.04. The van der Waals surface area contributed by atoms with Crippen LogP contribution in [0.4, 0.5) is 0 Å². The third-order valence-electron chi connectivity index (χ3n) is 10.6. The van der Waals surface area contributed by atoms with Crippen molar-refractivity contribution in [2.75, 3.05) is 13.7 Å². The summed E-state index contributed by atoms with van der Waals surface area (Å²) in [6.07, 6.45) is 9.32. The Morgan fingerprint density at radius 1 is 1.04 bits per heavy atom. The van der Waals surface area contributed by atoms with Crippen LogP contribution in [-0.2, 0) is 24.4 Å². The summed E-state index contributed by atoms with van der Waals surface area (Å²) in [7, 11) is -2.23. The Morgan fingerprint density at radius 3 is 2.69 bits per heavy atom. The molecule has 1 saturated heterocycles. The van der Waals surface area contributed by atoms with Gasteiger partial charge in [0, 0.05) is 35.8 Å². The molecule has 3 amide bonds. The standard InChI is InChI=1S/C38H42N6O7S/c1-50-26-13-10-11-24(19-26)31-21-34(44-35(39-31)29-14-8-9-15-30(29)41-44)51-27-20-32-36(46)40-38(37(47)42-52(48,49)28-17-18-28)22-25(38)12-6-4-2-3-5-7-16-33(45)43(32)23-27/h6,8-15,19,21,25,27-28,32H,2-5,7,16-18,20,22-23H2,1H3,(H,40,46)(H,42,47)/b12-6-/t25-,27-,32+,38-/m1/s1. The first kappa shape index (κ1) is 34.1. The van der Waals surface area contributed by atoms with Crippen molar-refractivity contribution in [3.05, 3.63) is 66.7 Å². The van der Waals surface area contributed by atoms with E-state index in [-0.39, 0.29) is 37.6 Å². The molecular weight excluding hydrogens is 685 g/mol. The van der Waals surface area contributed by atoms with Crippen molar-refractivity contribution >= 4 is 44.3 Å². The second-order valence-corrected chi connectivity index (χ2v) is 16.3. The van der Waals surface area contributed by atoms with E-state index in [1.165, 1.54) is 0 Å². The molecule has 0 spiro atoms. The van der Waals surface area contributed by atoms with Gasteiger partial charge in [0.1, 0.15) is 23.4 Å². The van der Waals surface area contributed by atoms with Gasteiger partial charge in [0.15, 0.2) is 5.65 Å². The zero-order valence-electron chi connectivity index (χ0n) is 29.0. The molecular formula is C38H42N6O7S. The summed E-state index contributed by atoms with van der Waals surface area (Å²) in [6, 6.07) is 16.1. The summed E-state index contributed by atoms with van der Waals surface area (Å²) in [6.45, 7) is 0.147. The maximum Gasteiger partial charge on any atom is 0.259 e. The van der Waals surface area contributed by atoms with Gasteiger partial charge >= 0.3 is 0 Å². The molecule has 4 atom stereocenters. The Hall–Kier alpha value is -4.98. The van der Waals surface area contributed by atoms with Gasteiger partial charge in [-0.3, -0.25) is 19.1 Å². The molecule has 0 radical (unpaired) electrons. The number of carbonyl (C=O) groups is 3. The molecule has 52 heavy (non-hydrogen) atoms. The molecule has 8 rings (SSSR count). The lowest BCUT2D eigenvalue weighted by atomic mass is 10.1. The first-order valence-corrected chi connectivity index (χ1v) is 19.6. The molecule has 4 aliphatic rings. The molecule has 3 fully saturated rings. The molecule has 4 heterocycles. The second kappa shape index (κ2) is 13.5. The van der Waals surface area contributed by atoms with Gasteiger partial charge < -0.3 is 19.7 Å². The first-order valence-electron chi connectivity index (χ1n) is 18.1. The van der Waals surface area contributed by atoms with Crippen molar-refractivity contribution in [3.8, 4) is 22.9 Å². The Morgan fingerprint density at radius 2 is 1.87 bits per heavy atom. The number of fused-ring (bicyclic) bond motifs is 5. The minimum atomic E-state index is -3.84. The molecule has 272 valence electrons. The van der Waals surface area contributed by atoms with E-state index in [9.17, 15) is 22.8 Å². The Kier molecular flexibility index (Phi) is 8.88. The van der Waals surface area contributed by atoms with E-state index >= 15 is 0 Å². The van der Waals surface area contributed by atoms with Crippen molar-refractivity contribution in [2.24, 2.45) is 5.92 Å². The summed E-state index contributed by atoms with van der Waals surface area (Å²) >= 11 is 0. The number of ether oxygens (including phenoxy) is 2. The van der Waals surface area contributed by atoms with Crippen LogP contribution in [0, 0.1) is 5.92 Å². The SMILES string of the molecule is COc1cccc(-c2cc(O[C@@H]3C[C@H]4C(=O)N[C@]5(C(=O)NS(=O)(=O)C6CC6)C[C@H]5/C=C\CCCCCCC(=O)N4C3)n3nc4ccccc4c3n2)c1. The lowest BCUT2D eigenvalue weighted by molar-refractivity contribution is -0.139. The van der Waals surface area contributed by atoms with Crippen molar-refractivity contribution in [3.63, 3.8) is 0 Å². The van der Waals surface area contributed by atoms with E-state index in [4.69, 9.17) is 19.6 Å². The quantitative estimate of drug-likeness (QED) is 0.265. The Balaban J connectivity index is 1.11. The monoisotopic (exact) mass is 726 g/mol. The average molecular weight is 727 g/mol. The Bertz CT molecular complexity index is 2200. The van der Waals surface area contributed by atoms with Gasteiger partial charge in [0.25, 0.3) is 5.91 Å². The van der Waals surface area contributed by atoms with Gasteiger partial charge in [-0.2, -0.15) is 9.61 Å². The van der Waals surface area contributed by atoms with Crippen LogP contribution >= 0.6 is 0 Å². The van der Waals surface area contributed by atoms with Crippen molar-refractivity contribution in [1.29, 1.82) is 0 Å². The lowest BCUT2D eigenvalue weighted by Gasteiger charge is -2.26. The molecule has 2 N–H and O–H groups in total. The fourth-order valence-corrected chi connectivity index (χ4v) is 8.82. The third-order valence-corrected chi connectivity index (χ3v) is 12.5. The summed E-state index contributed by atoms with van der Waals surface area (Å²) in [5.41, 5.74) is 1.36. The van der Waals surface area contributed by atoms with Gasteiger partial charge in [0.05, 0.1) is 30.1 Å². The van der Waals surface area contributed by atoms with Crippen LogP contribution in [-0.4, -0.2) is 82.2 Å². The Labute approximate surface area is 301 Å². The zero-order valence-corrected chi connectivity index (χ0v) is 29.8. The number of carbonyl (C=O) groups excluding carboxylic acids is 3. The number of nitrogens with zero attached hydrogens (tertiary/aromatic N) is 4. The number of methoxy groups -OCH3 is 1. The number of hydrogen-bond donors (Lipinski definition) is 2. The molecule has 13 nitrogen and oxygen atoms in total. The van der Waals surface area contributed by atoms with Crippen LogP contribution in [0.3, 0.4) is 0 Å². The highest BCUT2D eigenvalue weighted by Gasteiger charge is 2.62. The fraction of sp³-hybridized carbons (Fsp3) is 0.447. The second-order valence-electron chi connectivity index (χ2n) is 14.3. The largest absolute Gasteiger partial charge is 0.497 e. The molecule has 0 bridgehead atoms. The molecule has 4 aromatic rings. The summed E-state index contributed by atoms with van der Waals surface area (Å²) in [4.78, 5) is 48.1. The van der Waals surface area contributed by atoms with Gasteiger partial charge in [-0.05, 0) is 62.8 Å². The predicted octanol–water partition coefficient (Wildman–Crippen LogP) is 4.30. The number of rotatable bonds is 7. The fourth-order valence-electron chi connectivity index (χ4n) is 7.46. The number of nitrogens with one attached hydrogen (secondary N) is 2. The van der Waals surface area contributed by atoms with Crippen LogP contribution in [0.1, 0.15) is 64.2 Å². The van der Waals surface area contributed by atoms with Crippen LogP contribution in [0.15, 0.2) is 66.7 Å². The van der Waals surface area contributed by atoms with Gasteiger partial charge in [-0.25, -0.2) is 13.4 Å². The van der Waals surface area contributed by atoms with Gasteiger partial charge in [0.2, 0.25) is 27.7 Å². The number of amides is 3. The van der Waals surface area contributed by atoms with Crippen molar-refractivity contribution < 1.29 is 32.3 Å². The summed E-state index contributed by atoms with van der Waals surface area (Å²) < 4.78 is 41.6. The van der Waals surface area contributed by atoms with Crippen molar-refractivity contribution in [2.45, 2.75) is 87.1 Å². The highest BCUT2D eigenvalue weighted by atomic mass is 32.2. The number of aromatic nitrogens is 3. The molecule has 2 aliphatic heterocycles. The van der Waals surface area contributed by atoms with Gasteiger partial charge in [-0.1, -0.05) is 49.3 Å². The van der Waals surface area contributed by atoms with Crippen LogP contribution in [0.25, 0.3) is 27.8 Å². The highest BCUT2D eigenvalue weighted by molar-refractivity contribution is 7.91. The molecule has 2 aromatic carbocycles. The predicted molar refractivity (Wildman–Crippen MR) is 193 cm³/mol. The topological polar surface area (TPSA) is 161 Å². The minimum absolute atomic E-state index is 0.147. The van der Waals surface area contributed by atoms with Crippen LogP contribution in [0.5, 0.6) is 11.6 Å². The third kappa shape index (κ3) is 6.59. The smallest absolute Gasteiger partial charge is 0.259 e. The number of sulfonamides is 1. The zero-order chi connectivity index (χ0) is 36.0. The van der Waals surface area contributed by atoms with Crippen LogP contribution < -0.4 is 19.5 Å². The lowest BCUT2D eigenvalue weighted by Crippen LogP contribution is -2.56. The van der Waals surface area contributed by atoms with Crippen LogP contribution in [0.2, 0.25) is 0 Å². The molecule has 14 heteroatoms. The summed E-state index contributed by atoms with van der Waals surface area (Å²) in [5.74, 6) is -0.690. The van der Waals surface area contributed by atoms with E-state index in [0.29, 0.717) is 42.2 Å². The maximum absolute atomic E-state index is 14.2. The van der Waals surface area contributed by atoms with E-state index in [1.807, 2.05) is 60.7 Å². The molecule has 0 unspecified atom stereocenters. The molecule has 2 saturated carbocycles. The maximum atomic E-state index is 14.2. The normalized spacial score (nSPS) is 26.1. The van der Waals surface area contributed by atoms with E-state index in [1.54, 1.807) is 22.6 Å². The van der Waals surface area contributed by atoms with E-state index in [0.717, 1.165) is 42.1 Å².